The maximum Gasteiger partial charge on any atom is 0.271 e. The van der Waals surface area contributed by atoms with Crippen LogP contribution in [0.2, 0.25) is 0 Å². The fourth-order valence-electron chi connectivity index (χ4n) is 5.31. The van der Waals surface area contributed by atoms with Crippen LogP contribution in [0.4, 0.5) is 0 Å². The lowest BCUT2D eigenvalue weighted by Crippen LogP contribution is -2.38. The van der Waals surface area contributed by atoms with Gasteiger partial charge in [0.2, 0.25) is 0 Å². The number of aromatic nitrogens is 1. The number of thiazole rings is 1. The molecule has 1 atom stereocenters. The maximum atomic E-state index is 13.9. The standard InChI is InChI=1S/C32H24N2O3S2/c1-36-22-14-11-21(12-15-22)30-26-17-13-20-7-5-6-10-25(20)29(26)33-32-34(30)31(35)27(39-32)19-23-16-18-28(37-23)38-24-8-3-2-4-9-24/h2-12,14-16,18-19,30H,13,17H2,1H3/b27-19-/t30-/m1/s1. The Labute approximate surface area is 233 Å². The first-order valence-corrected chi connectivity index (χ1v) is 14.4. The van der Waals surface area contributed by atoms with Crippen molar-refractivity contribution in [3.05, 3.63) is 139 Å². The van der Waals surface area contributed by atoms with Crippen LogP contribution in [0.3, 0.4) is 0 Å². The minimum Gasteiger partial charge on any atom is -0.497 e. The largest absolute Gasteiger partial charge is 0.497 e. The van der Waals surface area contributed by atoms with Crippen molar-refractivity contribution < 1.29 is 9.15 Å². The van der Waals surface area contributed by atoms with Crippen molar-refractivity contribution in [1.29, 1.82) is 0 Å². The van der Waals surface area contributed by atoms with Crippen LogP contribution < -0.4 is 19.6 Å². The van der Waals surface area contributed by atoms with Crippen LogP contribution in [0, 0.1) is 0 Å². The minimum absolute atomic E-state index is 0.0568. The molecular formula is C32H24N2O3S2. The highest BCUT2D eigenvalue weighted by Gasteiger charge is 2.32. The molecule has 0 saturated heterocycles. The van der Waals surface area contributed by atoms with E-state index in [1.54, 1.807) is 18.9 Å². The first-order chi connectivity index (χ1) is 19.2. The summed E-state index contributed by atoms with van der Waals surface area (Å²) in [6.07, 6.45) is 3.62. The topological polar surface area (TPSA) is 56.7 Å². The van der Waals surface area contributed by atoms with E-state index in [0.717, 1.165) is 45.4 Å². The number of rotatable bonds is 5. The second kappa shape index (κ2) is 9.91. The van der Waals surface area contributed by atoms with Gasteiger partial charge in [-0.1, -0.05) is 77.7 Å². The van der Waals surface area contributed by atoms with Gasteiger partial charge in [-0.15, -0.1) is 0 Å². The number of nitrogens with zero attached hydrogens (tertiary/aromatic N) is 2. The third kappa shape index (κ3) is 4.37. The summed E-state index contributed by atoms with van der Waals surface area (Å²) >= 11 is 2.97. The van der Waals surface area contributed by atoms with Gasteiger partial charge in [0.1, 0.15) is 11.5 Å². The number of benzene rings is 3. The molecule has 2 aliphatic rings. The fourth-order valence-corrected chi connectivity index (χ4v) is 7.09. The first kappa shape index (κ1) is 24.0. The van der Waals surface area contributed by atoms with Gasteiger partial charge in [-0.3, -0.25) is 9.36 Å². The lowest BCUT2D eigenvalue weighted by molar-refractivity contribution is 0.414. The molecule has 1 aliphatic carbocycles. The van der Waals surface area contributed by atoms with E-state index in [0.29, 0.717) is 15.1 Å². The number of furan rings is 1. The average molecular weight is 549 g/mol. The Morgan fingerprint density at radius 2 is 1.77 bits per heavy atom. The normalized spacial score (nSPS) is 16.3. The Morgan fingerprint density at radius 1 is 0.974 bits per heavy atom. The van der Waals surface area contributed by atoms with Crippen molar-refractivity contribution in [3.8, 4) is 5.75 Å². The monoisotopic (exact) mass is 548 g/mol. The predicted molar refractivity (Wildman–Crippen MR) is 155 cm³/mol. The number of hydrogen-bond acceptors (Lipinski definition) is 6. The Balaban J connectivity index is 1.36. The zero-order valence-corrected chi connectivity index (χ0v) is 22.8. The average Bonchev–Trinajstić information content (AvgIpc) is 3.55. The number of methoxy groups -OCH3 is 1. The molecule has 0 radical (unpaired) electrons. The SMILES string of the molecule is COc1ccc([C@@H]2C3=C(N=c4s/c(=C\c5ccc(Sc6ccccc6)o5)c(=O)n42)c2ccccc2CC3)cc1. The molecule has 5 aromatic rings. The van der Waals surface area contributed by atoms with Gasteiger partial charge in [0.15, 0.2) is 9.89 Å². The summed E-state index contributed by atoms with van der Waals surface area (Å²) in [6, 6.07) is 30.2. The van der Waals surface area contributed by atoms with E-state index in [1.165, 1.54) is 22.5 Å². The van der Waals surface area contributed by atoms with Crippen molar-refractivity contribution in [2.24, 2.45) is 4.99 Å². The molecule has 7 rings (SSSR count). The predicted octanol–water partition coefficient (Wildman–Crippen LogP) is 6.07. The van der Waals surface area contributed by atoms with Gasteiger partial charge >= 0.3 is 0 Å². The quantitative estimate of drug-likeness (QED) is 0.268. The van der Waals surface area contributed by atoms with Crippen LogP contribution in [0.1, 0.15) is 34.9 Å². The van der Waals surface area contributed by atoms with Gasteiger partial charge in [-0.05, 0) is 65.9 Å². The van der Waals surface area contributed by atoms with Gasteiger partial charge < -0.3 is 9.15 Å². The minimum atomic E-state index is -0.224. The molecule has 3 heterocycles. The van der Waals surface area contributed by atoms with Gasteiger partial charge in [-0.25, -0.2) is 4.99 Å². The van der Waals surface area contributed by atoms with Gasteiger partial charge in [-0.2, -0.15) is 0 Å². The van der Waals surface area contributed by atoms with E-state index in [-0.39, 0.29) is 11.6 Å². The zero-order valence-electron chi connectivity index (χ0n) is 21.2. The smallest absolute Gasteiger partial charge is 0.271 e. The third-order valence-electron chi connectivity index (χ3n) is 7.14. The number of allylic oxidation sites excluding steroid dienone is 1. The molecule has 5 nitrogen and oxygen atoms in total. The third-order valence-corrected chi connectivity index (χ3v) is 9.05. The van der Waals surface area contributed by atoms with Crippen LogP contribution in [0.25, 0.3) is 11.8 Å². The molecule has 192 valence electrons. The lowest BCUT2D eigenvalue weighted by Gasteiger charge is -2.30. The molecule has 2 aromatic heterocycles. The second-order valence-electron chi connectivity index (χ2n) is 9.46. The van der Waals surface area contributed by atoms with Crippen molar-refractivity contribution in [2.75, 3.05) is 7.11 Å². The highest BCUT2D eigenvalue weighted by atomic mass is 32.2. The Bertz CT molecular complexity index is 1900. The molecule has 0 unspecified atom stereocenters. The summed E-state index contributed by atoms with van der Waals surface area (Å²) in [5.74, 6) is 1.44. The highest BCUT2D eigenvalue weighted by Crippen LogP contribution is 2.41. The molecule has 0 amide bonds. The fraction of sp³-hybridized carbons (Fsp3) is 0.125. The van der Waals surface area contributed by atoms with Crippen molar-refractivity contribution in [1.82, 2.24) is 4.57 Å². The Morgan fingerprint density at radius 3 is 2.59 bits per heavy atom. The van der Waals surface area contributed by atoms with Crippen LogP contribution in [-0.4, -0.2) is 11.7 Å². The Hall–Kier alpha value is -4.07. The van der Waals surface area contributed by atoms with Crippen LogP contribution in [0.15, 0.2) is 121 Å². The molecule has 39 heavy (non-hydrogen) atoms. The van der Waals surface area contributed by atoms with Crippen molar-refractivity contribution >= 4 is 34.9 Å². The summed E-state index contributed by atoms with van der Waals surface area (Å²) in [5, 5.41) is 0.781. The number of fused-ring (bicyclic) bond motifs is 3. The highest BCUT2D eigenvalue weighted by molar-refractivity contribution is 7.99. The molecule has 7 heteroatoms. The molecule has 0 N–H and O–H groups in total. The van der Waals surface area contributed by atoms with E-state index in [4.69, 9.17) is 14.1 Å². The summed E-state index contributed by atoms with van der Waals surface area (Å²) < 4.78 is 13.9. The van der Waals surface area contributed by atoms with Gasteiger partial charge in [0.25, 0.3) is 5.56 Å². The van der Waals surface area contributed by atoms with E-state index < -0.39 is 0 Å². The molecule has 3 aromatic carbocycles. The summed E-state index contributed by atoms with van der Waals surface area (Å²) in [6.45, 7) is 0. The van der Waals surface area contributed by atoms with E-state index in [9.17, 15) is 4.79 Å². The van der Waals surface area contributed by atoms with E-state index in [1.807, 2.05) is 65.2 Å². The van der Waals surface area contributed by atoms with Crippen LogP contribution >= 0.6 is 23.1 Å². The van der Waals surface area contributed by atoms with Crippen LogP contribution in [0.5, 0.6) is 5.75 Å². The van der Waals surface area contributed by atoms with Gasteiger partial charge in [0.05, 0.1) is 23.4 Å². The Kier molecular flexibility index (Phi) is 6.10. The molecular weight excluding hydrogens is 524 g/mol. The zero-order chi connectivity index (χ0) is 26.3. The van der Waals surface area contributed by atoms with Crippen molar-refractivity contribution in [3.63, 3.8) is 0 Å². The molecule has 1 aliphatic heterocycles. The molecule has 0 spiro atoms. The second-order valence-corrected chi connectivity index (χ2v) is 11.5. The lowest BCUT2D eigenvalue weighted by atomic mass is 9.83. The van der Waals surface area contributed by atoms with E-state index >= 15 is 0 Å². The summed E-state index contributed by atoms with van der Waals surface area (Å²) in [7, 11) is 1.66. The van der Waals surface area contributed by atoms with Crippen molar-refractivity contribution in [2.45, 2.75) is 28.9 Å². The number of aryl methyl sites for hydroxylation is 1. The molecule has 0 fully saturated rings. The van der Waals surface area contributed by atoms with Crippen LogP contribution in [-0.2, 0) is 6.42 Å². The number of hydrogen-bond donors (Lipinski definition) is 0. The van der Waals surface area contributed by atoms with E-state index in [2.05, 4.69) is 36.4 Å². The maximum absolute atomic E-state index is 13.9. The molecule has 0 saturated carbocycles. The number of ether oxygens (including phenoxy) is 1. The van der Waals surface area contributed by atoms with Gasteiger partial charge in [0, 0.05) is 16.5 Å². The summed E-state index contributed by atoms with van der Waals surface area (Å²) in [4.78, 5) is 20.8. The summed E-state index contributed by atoms with van der Waals surface area (Å²) in [5.41, 5.74) is 5.61. The molecule has 0 bridgehead atoms. The first-order valence-electron chi connectivity index (χ1n) is 12.8.